The maximum Gasteiger partial charge on any atom is 0.228 e. The van der Waals surface area contributed by atoms with Crippen LogP contribution in [0.2, 0.25) is 0 Å². The number of piperidine rings is 1. The van der Waals surface area contributed by atoms with Crippen molar-refractivity contribution in [2.75, 3.05) is 13.1 Å². The smallest absolute Gasteiger partial charge is 0.228 e. The first-order valence-electron chi connectivity index (χ1n) is 9.11. The first kappa shape index (κ1) is 14.0. The van der Waals surface area contributed by atoms with E-state index in [4.69, 9.17) is 5.73 Å². The van der Waals surface area contributed by atoms with Crippen LogP contribution in [0.5, 0.6) is 0 Å². The number of likely N-dealkylation sites (tertiary alicyclic amines) is 1. The summed E-state index contributed by atoms with van der Waals surface area (Å²) in [6.07, 6.45) is 10.1. The minimum absolute atomic E-state index is 0.0515. The Hall–Kier alpha value is -0.570. The zero-order valence-electron chi connectivity index (χ0n) is 13.4. The average molecular weight is 290 g/mol. The van der Waals surface area contributed by atoms with E-state index in [9.17, 15) is 4.79 Å². The van der Waals surface area contributed by atoms with E-state index in [-0.39, 0.29) is 11.5 Å². The molecule has 0 aromatic carbocycles. The molecule has 5 rings (SSSR count). The fourth-order valence-corrected chi connectivity index (χ4v) is 6.34. The molecule has 1 aliphatic heterocycles. The zero-order chi connectivity index (χ0) is 14.6. The number of hydrogen-bond donors (Lipinski definition) is 1. The molecule has 1 saturated heterocycles. The number of carbonyl (C=O) groups is 1. The van der Waals surface area contributed by atoms with Crippen molar-refractivity contribution in [3.8, 4) is 0 Å². The maximum atomic E-state index is 13.2. The van der Waals surface area contributed by atoms with Gasteiger partial charge in [0.25, 0.3) is 0 Å². The fraction of sp³-hybridized carbons (Fsp3) is 0.944. The van der Waals surface area contributed by atoms with Gasteiger partial charge >= 0.3 is 0 Å². The van der Waals surface area contributed by atoms with Gasteiger partial charge in [0, 0.05) is 19.1 Å². The van der Waals surface area contributed by atoms with Crippen molar-refractivity contribution in [1.29, 1.82) is 0 Å². The number of rotatable bonds is 2. The minimum Gasteiger partial charge on any atom is -0.342 e. The third-order valence-electron chi connectivity index (χ3n) is 7.06. The van der Waals surface area contributed by atoms with Gasteiger partial charge in [-0.05, 0) is 82.0 Å². The molecule has 0 radical (unpaired) electrons. The Bertz CT molecular complexity index is 388. The molecule has 1 unspecified atom stereocenters. The summed E-state index contributed by atoms with van der Waals surface area (Å²) in [5, 5.41) is 0. The quantitative estimate of drug-likeness (QED) is 0.850. The topological polar surface area (TPSA) is 46.3 Å². The number of hydrogen-bond acceptors (Lipinski definition) is 2. The van der Waals surface area contributed by atoms with E-state index in [2.05, 4.69) is 11.8 Å². The second-order valence-electron chi connectivity index (χ2n) is 8.69. The maximum absolute atomic E-state index is 13.2. The third kappa shape index (κ3) is 2.32. The summed E-state index contributed by atoms with van der Waals surface area (Å²) in [5.41, 5.74) is 6.08. The van der Waals surface area contributed by atoms with Crippen LogP contribution in [0.25, 0.3) is 0 Å². The number of nitrogens with two attached hydrogens (primary N) is 1. The van der Waals surface area contributed by atoms with E-state index >= 15 is 0 Å². The van der Waals surface area contributed by atoms with Crippen LogP contribution in [0.4, 0.5) is 0 Å². The summed E-state index contributed by atoms with van der Waals surface area (Å²) >= 11 is 0. The summed E-state index contributed by atoms with van der Waals surface area (Å²) in [4.78, 5) is 15.4. The summed E-state index contributed by atoms with van der Waals surface area (Å²) < 4.78 is 0. The van der Waals surface area contributed by atoms with Gasteiger partial charge in [0.05, 0.1) is 5.41 Å². The van der Waals surface area contributed by atoms with Gasteiger partial charge in [-0.25, -0.2) is 0 Å². The third-order valence-corrected chi connectivity index (χ3v) is 7.06. The molecule has 4 saturated carbocycles. The van der Waals surface area contributed by atoms with Crippen LogP contribution in [0.1, 0.15) is 58.3 Å². The molecule has 5 aliphatic rings. The van der Waals surface area contributed by atoms with Crippen LogP contribution in [0.15, 0.2) is 0 Å². The highest BCUT2D eigenvalue weighted by Crippen LogP contribution is 2.60. The fourth-order valence-electron chi connectivity index (χ4n) is 6.34. The van der Waals surface area contributed by atoms with Crippen LogP contribution < -0.4 is 5.73 Å². The lowest BCUT2D eigenvalue weighted by atomic mass is 9.49. The first-order chi connectivity index (χ1) is 10.1. The van der Waals surface area contributed by atoms with Crippen LogP contribution in [0.3, 0.4) is 0 Å². The molecule has 3 heteroatoms. The van der Waals surface area contributed by atoms with Gasteiger partial charge in [0.1, 0.15) is 0 Å². The lowest BCUT2D eigenvalue weighted by Crippen LogP contribution is -2.56. The van der Waals surface area contributed by atoms with Crippen LogP contribution in [0, 0.1) is 29.1 Å². The number of carbonyl (C=O) groups excluding carboxylic acids is 1. The first-order valence-corrected chi connectivity index (χ1v) is 9.11. The van der Waals surface area contributed by atoms with E-state index < -0.39 is 0 Å². The van der Waals surface area contributed by atoms with Crippen molar-refractivity contribution in [3.63, 3.8) is 0 Å². The monoisotopic (exact) mass is 290 g/mol. The van der Waals surface area contributed by atoms with Gasteiger partial charge in [-0.3, -0.25) is 4.79 Å². The molecular formula is C18H30N2O. The van der Waals surface area contributed by atoms with Crippen molar-refractivity contribution in [1.82, 2.24) is 4.90 Å². The van der Waals surface area contributed by atoms with Crippen LogP contribution >= 0.6 is 0 Å². The molecule has 5 fully saturated rings. The normalized spacial score (nSPS) is 44.1. The predicted octanol–water partition coefficient (Wildman–Crippen LogP) is 2.79. The molecule has 0 aromatic heterocycles. The Morgan fingerprint density at radius 1 is 1.05 bits per heavy atom. The number of amides is 1. The number of nitrogens with zero attached hydrogens (tertiary/aromatic N) is 1. The standard InChI is InChI=1S/C18H30N2O/c1-12(19)16-2-4-20(5-3-16)17(21)18-9-13-6-14(10-18)8-15(7-13)11-18/h12-16H,2-11,19H2,1H3. The van der Waals surface area contributed by atoms with E-state index in [1.807, 2.05) is 0 Å². The largest absolute Gasteiger partial charge is 0.342 e. The highest BCUT2D eigenvalue weighted by Gasteiger charge is 2.55. The predicted molar refractivity (Wildman–Crippen MR) is 83.6 cm³/mol. The molecule has 21 heavy (non-hydrogen) atoms. The Labute approximate surface area is 128 Å². The van der Waals surface area contributed by atoms with Crippen molar-refractivity contribution in [3.05, 3.63) is 0 Å². The molecule has 2 N–H and O–H groups in total. The second kappa shape index (κ2) is 4.97. The minimum atomic E-state index is 0.0515. The Balaban J connectivity index is 1.46. The molecule has 3 nitrogen and oxygen atoms in total. The van der Waals surface area contributed by atoms with E-state index in [1.165, 1.54) is 38.5 Å². The SMILES string of the molecule is CC(N)C1CCN(C(=O)C23CC4CC(CC(C4)C2)C3)CC1. The molecule has 0 spiro atoms. The van der Waals surface area contributed by atoms with Crippen LogP contribution in [-0.4, -0.2) is 29.9 Å². The molecule has 118 valence electrons. The van der Waals surface area contributed by atoms with Crippen molar-refractivity contribution >= 4 is 5.91 Å². The van der Waals surface area contributed by atoms with Crippen molar-refractivity contribution in [2.24, 2.45) is 34.8 Å². The van der Waals surface area contributed by atoms with Gasteiger partial charge < -0.3 is 10.6 Å². The Kier molecular flexibility index (Phi) is 3.33. The second-order valence-corrected chi connectivity index (χ2v) is 8.69. The summed E-state index contributed by atoms with van der Waals surface area (Å²) in [5.74, 6) is 3.72. The molecular weight excluding hydrogens is 260 g/mol. The zero-order valence-corrected chi connectivity index (χ0v) is 13.4. The lowest BCUT2D eigenvalue weighted by molar-refractivity contribution is -0.159. The Morgan fingerprint density at radius 3 is 1.95 bits per heavy atom. The highest BCUT2D eigenvalue weighted by atomic mass is 16.2. The van der Waals surface area contributed by atoms with Crippen molar-refractivity contribution in [2.45, 2.75) is 64.3 Å². The van der Waals surface area contributed by atoms with Gasteiger partial charge in [-0.2, -0.15) is 0 Å². The molecule has 4 aliphatic carbocycles. The Morgan fingerprint density at radius 2 is 1.52 bits per heavy atom. The lowest BCUT2D eigenvalue weighted by Gasteiger charge is -2.57. The van der Waals surface area contributed by atoms with Crippen molar-refractivity contribution < 1.29 is 4.79 Å². The summed E-state index contributed by atoms with van der Waals surface area (Å²) in [7, 11) is 0. The van der Waals surface area contributed by atoms with Crippen LogP contribution in [-0.2, 0) is 4.79 Å². The molecule has 1 heterocycles. The molecule has 1 atom stereocenters. The van der Waals surface area contributed by atoms with Gasteiger partial charge in [-0.1, -0.05) is 0 Å². The van der Waals surface area contributed by atoms with Gasteiger partial charge in [0.15, 0.2) is 0 Å². The van der Waals surface area contributed by atoms with E-state index in [0.717, 1.165) is 43.7 Å². The van der Waals surface area contributed by atoms with Gasteiger partial charge in [0.2, 0.25) is 5.91 Å². The summed E-state index contributed by atoms with van der Waals surface area (Å²) in [6, 6.07) is 0.279. The average Bonchev–Trinajstić information content (AvgIpc) is 2.45. The molecule has 0 aromatic rings. The van der Waals surface area contributed by atoms with E-state index in [0.29, 0.717) is 11.8 Å². The molecule has 4 bridgehead atoms. The highest BCUT2D eigenvalue weighted by molar-refractivity contribution is 5.83. The van der Waals surface area contributed by atoms with Gasteiger partial charge in [-0.15, -0.1) is 0 Å². The van der Waals surface area contributed by atoms with E-state index in [1.54, 1.807) is 0 Å². The summed E-state index contributed by atoms with van der Waals surface area (Å²) in [6.45, 7) is 4.01. The molecule has 1 amide bonds.